The van der Waals surface area contributed by atoms with Gasteiger partial charge in [0.15, 0.2) is 5.03 Å². The summed E-state index contributed by atoms with van der Waals surface area (Å²) in [4.78, 5) is 4.19. The molecule has 1 heterocycles. The molecule has 1 aliphatic rings. The second-order valence-electron chi connectivity index (χ2n) is 5.07. The number of hydrogen-bond donors (Lipinski definition) is 0. The average Bonchev–Trinajstić information content (AvgIpc) is 3.15. The predicted octanol–water partition coefficient (Wildman–Crippen LogP) is 1.67. The van der Waals surface area contributed by atoms with Crippen LogP contribution in [0.5, 0.6) is 0 Å². The SMILES string of the molecule is CCCn1cc(S(=O)(=O)N(CCC#N)C2CC2)nc1C. The Morgan fingerprint density at radius 2 is 2.25 bits per heavy atom. The van der Waals surface area contributed by atoms with Gasteiger partial charge >= 0.3 is 0 Å². The van der Waals surface area contributed by atoms with Gasteiger partial charge in [0.05, 0.1) is 6.07 Å². The number of aryl methyl sites for hydroxylation is 2. The van der Waals surface area contributed by atoms with Crippen LogP contribution in [-0.4, -0.2) is 34.9 Å². The molecule has 1 aliphatic carbocycles. The van der Waals surface area contributed by atoms with E-state index in [1.54, 1.807) is 6.20 Å². The fourth-order valence-electron chi connectivity index (χ4n) is 2.21. The van der Waals surface area contributed by atoms with Crippen molar-refractivity contribution in [3.05, 3.63) is 12.0 Å². The fourth-order valence-corrected chi connectivity index (χ4v) is 3.90. The van der Waals surface area contributed by atoms with Crippen LogP contribution >= 0.6 is 0 Å². The zero-order valence-corrected chi connectivity index (χ0v) is 12.7. The van der Waals surface area contributed by atoms with Crippen LogP contribution in [0.4, 0.5) is 0 Å². The highest BCUT2D eigenvalue weighted by atomic mass is 32.2. The van der Waals surface area contributed by atoms with E-state index < -0.39 is 10.0 Å². The third-order valence-corrected chi connectivity index (χ3v) is 5.21. The highest BCUT2D eigenvalue weighted by molar-refractivity contribution is 7.89. The van der Waals surface area contributed by atoms with Crippen molar-refractivity contribution < 1.29 is 8.42 Å². The van der Waals surface area contributed by atoms with Crippen LogP contribution in [0.2, 0.25) is 0 Å². The molecule has 0 unspecified atom stereocenters. The summed E-state index contributed by atoms with van der Waals surface area (Å²) in [5.41, 5.74) is 0. The van der Waals surface area contributed by atoms with E-state index in [1.807, 2.05) is 24.5 Å². The van der Waals surface area contributed by atoms with E-state index in [2.05, 4.69) is 4.98 Å². The Labute approximate surface area is 120 Å². The summed E-state index contributed by atoms with van der Waals surface area (Å²) in [5, 5.41) is 8.79. The molecule has 0 radical (unpaired) electrons. The number of nitrogens with zero attached hydrogens (tertiary/aromatic N) is 4. The normalized spacial score (nSPS) is 15.5. The third-order valence-electron chi connectivity index (χ3n) is 3.39. The van der Waals surface area contributed by atoms with Gasteiger partial charge in [0, 0.05) is 31.7 Å². The molecule has 0 saturated heterocycles. The second-order valence-corrected chi connectivity index (χ2v) is 6.91. The molecule has 0 amide bonds. The summed E-state index contributed by atoms with van der Waals surface area (Å²) in [5.74, 6) is 0.710. The van der Waals surface area contributed by atoms with Crippen molar-refractivity contribution >= 4 is 10.0 Å². The van der Waals surface area contributed by atoms with Crippen molar-refractivity contribution in [3.63, 3.8) is 0 Å². The van der Waals surface area contributed by atoms with Crippen LogP contribution in [0.1, 0.15) is 38.4 Å². The minimum absolute atomic E-state index is 0.0463. The van der Waals surface area contributed by atoms with E-state index in [-0.39, 0.29) is 24.0 Å². The molecule has 1 saturated carbocycles. The van der Waals surface area contributed by atoms with Gasteiger partial charge in [-0.2, -0.15) is 9.57 Å². The number of rotatable bonds is 7. The number of imidazole rings is 1. The molecular formula is C13H20N4O2S. The summed E-state index contributed by atoms with van der Waals surface area (Å²) in [6.45, 7) is 4.86. The lowest BCUT2D eigenvalue weighted by Gasteiger charge is -2.18. The predicted molar refractivity (Wildman–Crippen MR) is 74.4 cm³/mol. The molecule has 0 bridgehead atoms. The molecule has 6 nitrogen and oxygen atoms in total. The first kappa shape index (κ1) is 15.0. The zero-order chi connectivity index (χ0) is 14.8. The Bertz CT molecular complexity index is 611. The van der Waals surface area contributed by atoms with E-state index in [0.717, 1.165) is 25.8 Å². The van der Waals surface area contributed by atoms with Crippen molar-refractivity contribution in [3.8, 4) is 6.07 Å². The maximum Gasteiger partial charge on any atom is 0.262 e. The lowest BCUT2D eigenvalue weighted by molar-refractivity contribution is 0.409. The molecule has 1 fully saturated rings. The molecule has 0 spiro atoms. The van der Waals surface area contributed by atoms with E-state index in [1.165, 1.54) is 4.31 Å². The van der Waals surface area contributed by atoms with Gasteiger partial charge in [0.1, 0.15) is 5.82 Å². The first-order valence-electron chi connectivity index (χ1n) is 6.93. The maximum absolute atomic E-state index is 12.6. The molecular weight excluding hydrogens is 276 g/mol. The van der Waals surface area contributed by atoms with E-state index in [0.29, 0.717) is 5.82 Å². The van der Waals surface area contributed by atoms with Crippen LogP contribution in [0, 0.1) is 18.3 Å². The van der Waals surface area contributed by atoms with Crippen LogP contribution in [-0.2, 0) is 16.6 Å². The molecule has 110 valence electrons. The number of sulfonamides is 1. The quantitative estimate of drug-likeness (QED) is 0.766. The van der Waals surface area contributed by atoms with Crippen molar-refractivity contribution in [2.75, 3.05) is 6.54 Å². The first-order chi connectivity index (χ1) is 9.50. The molecule has 0 N–H and O–H groups in total. The fraction of sp³-hybridized carbons (Fsp3) is 0.692. The number of hydrogen-bond acceptors (Lipinski definition) is 4. The van der Waals surface area contributed by atoms with Gasteiger partial charge in [-0.3, -0.25) is 0 Å². The summed E-state index contributed by atoms with van der Waals surface area (Å²) < 4.78 is 28.6. The van der Waals surface area contributed by atoms with Crippen molar-refractivity contribution in [2.24, 2.45) is 0 Å². The van der Waals surface area contributed by atoms with Crippen molar-refractivity contribution in [1.29, 1.82) is 5.26 Å². The van der Waals surface area contributed by atoms with Crippen molar-refractivity contribution in [1.82, 2.24) is 13.9 Å². The van der Waals surface area contributed by atoms with Gasteiger partial charge in [-0.25, -0.2) is 13.4 Å². The van der Waals surface area contributed by atoms with E-state index >= 15 is 0 Å². The molecule has 0 aromatic carbocycles. The largest absolute Gasteiger partial charge is 0.334 e. The standard InChI is InChI=1S/C13H20N4O2S/c1-3-8-16-10-13(15-11(16)2)20(18,19)17(9-4-7-14)12-5-6-12/h10,12H,3-6,8-9H2,1-2H3. The van der Waals surface area contributed by atoms with Crippen molar-refractivity contribution in [2.45, 2.75) is 57.1 Å². The second kappa shape index (κ2) is 5.94. The molecule has 1 aromatic heterocycles. The maximum atomic E-state index is 12.6. The summed E-state index contributed by atoms with van der Waals surface area (Å²) >= 11 is 0. The van der Waals surface area contributed by atoms with Gasteiger partial charge in [-0.1, -0.05) is 6.92 Å². The lowest BCUT2D eigenvalue weighted by atomic mass is 10.4. The Hall–Kier alpha value is -1.39. The van der Waals surface area contributed by atoms with Gasteiger partial charge < -0.3 is 4.57 Å². The minimum Gasteiger partial charge on any atom is -0.334 e. The molecule has 1 aromatic rings. The molecule has 7 heteroatoms. The van der Waals surface area contributed by atoms with Gasteiger partial charge in [0.25, 0.3) is 10.0 Å². The van der Waals surface area contributed by atoms with E-state index in [4.69, 9.17) is 5.26 Å². The van der Waals surface area contributed by atoms with Gasteiger partial charge in [-0.05, 0) is 26.2 Å². The molecule has 2 rings (SSSR count). The smallest absolute Gasteiger partial charge is 0.262 e. The third kappa shape index (κ3) is 3.02. The number of aromatic nitrogens is 2. The highest BCUT2D eigenvalue weighted by Gasteiger charge is 2.38. The Kier molecular flexibility index (Phi) is 4.45. The Balaban J connectivity index is 2.28. The number of nitriles is 1. The summed E-state index contributed by atoms with van der Waals surface area (Å²) in [6.07, 6.45) is 4.50. The molecule has 0 aliphatic heterocycles. The zero-order valence-electron chi connectivity index (χ0n) is 11.9. The summed E-state index contributed by atoms with van der Waals surface area (Å²) in [6, 6.07) is 2.06. The van der Waals surface area contributed by atoms with Crippen LogP contribution in [0.25, 0.3) is 0 Å². The topological polar surface area (TPSA) is 79.0 Å². The average molecular weight is 296 g/mol. The van der Waals surface area contributed by atoms with Crippen LogP contribution in [0.15, 0.2) is 11.2 Å². The molecule has 20 heavy (non-hydrogen) atoms. The van der Waals surface area contributed by atoms with Crippen LogP contribution in [0.3, 0.4) is 0 Å². The lowest BCUT2D eigenvalue weighted by Crippen LogP contribution is -2.34. The Morgan fingerprint density at radius 3 is 2.80 bits per heavy atom. The van der Waals surface area contributed by atoms with Gasteiger partial charge in [-0.15, -0.1) is 0 Å². The van der Waals surface area contributed by atoms with Crippen LogP contribution < -0.4 is 0 Å². The minimum atomic E-state index is -3.58. The summed E-state index contributed by atoms with van der Waals surface area (Å²) in [7, 11) is -3.58. The van der Waals surface area contributed by atoms with E-state index in [9.17, 15) is 8.42 Å². The first-order valence-corrected chi connectivity index (χ1v) is 8.37. The molecule has 0 atom stereocenters. The highest BCUT2D eigenvalue weighted by Crippen LogP contribution is 2.31. The Morgan fingerprint density at radius 1 is 1.55 bits per heavy atom. The van der Waals surface area contributed by atoms with Gasteiger partial charge in [0.2, 0.25) is 0 Å². The monoisotopic (exact) mass is 296 g/mol.